The summed E-state index contributed by atoms with van der Waals surface area (Å²) in [6.07, 6.45) is 3.59. The first-order valence-electron chi connectivity index (χ1n) is 2.68. The van der Waals surface area contributed by atoms with E-state index in [2.05, 4.69) is 4.89 Å². The van der Waals surface area contributed by atoms with Crippen molar-refractivity contribution in [3.8, 4) is 0 Å². The molecule has 1 aliphatic carbocycles. The van der Waals surface area contributed by atoms with Crippen molar-refractivity contribution < 1.29 is 10.1 Å². The monoisotopic (exact) mass is 101 g/mol. The van der Waals surface area contributed by atoms with Gasteiger partial charge in [0.2, 0.25) is 0 Å². The Hall–Kier alpha value is -0.0800. The standard InChI is InChI=1S/C5H9O2/c6-7-4-3-5-1-2-5/h5H,1-4H2. The van der Waals surface area contributed by atoms with E-state index in [1.165, 1.54) is 12.8 Å². The Balaban J connectivity index is 1.80. The Morgan fingerprint density at radius 3 is 2.71 bits per heavy atom. The molecule has 0 spiro atoms. The summed E-state index contributed by atoms with van der Waals surface area (Å²) in [4.78, 5) is 3.64. The molecule has 0 amide bonds. The molecule has 0 aliphatic heterocycles. The van der Waals surface area contributed by atoms with Gasteiger partial charge in [0, 0.05) is 0 Å². The maximum atomic E-state index is 9.36. The molecule has 1 rings (SSSR count). The van der Waals surface area contributed by atoms with Gasteiger partial charge in [0.05, 0.1) is 6.61 Å². The smallest absolute Gasteiger partial charge is 0.0857 e. The van der Waals surface area contributed by atoms with Crippen molar-refractivity contribution in [2.75, 3.05) is 6.61 Å². The van der Waals surface area contributed by atoms with Gasteiger partial charge in [-0.2, -0.15) is 0 Å². The molecule has 0 atom stereocenters. The average molecular weight is 101 g/mol. The summed E-state index contributed by atoms with van der Waals surface area (Å²) < 4.78 is 0. The molecule has 1 radical (unpaired) electrons. The lowest BCUT2D eigenvalue weighted by atomic mass is 10.3. The van der Waals surface area contributed by atoms with Gasteiger partial charge in [0.25, 0.3) is 0 Å². The predicted molar refractivity (Wildman–Crippen MR) is 24.0 cm³/mol. The molecule has 1 aliphatic rings. The van der Waals surface area contributed by atoms with Crippen molar-refractivity contribution in [3.63, 3.8) is 0 Å². The third kappa shape index (κ3) is 1.90. The molecule has 2 nitrogen and oxygen atoms in total. The van der Waals surface area contributed by atoms with Crippen LogP contribution in [0.4, 0.5) is 0 Å². The predicted octanol–water partition coefficient (Wildman–Crippen LogP) is 1.15. The van der Waals surface area contributed by atoms with E-state index < -0.39 is 0 Å². The summed E-state index contributed by atoms with van der Waals surface area (Å²) in [6.45, 7) is 0.407. The lowest BCUT2D eigenvalue weighted by Gasteiger charge is -1.87. The summed E-state index contributed by atoms with van der Waals surface area (Å²) in [7, 11) is 0. The second kappa shape index (κ2) is 2.28. The zero-order valence-electron chi connectivity index (χ0n) is 4.22. The zero-order valence-corrected chi connectivity index (χ0v) is 4.22. The fourth-order valence-corrected chi connectivity index (χ4v) is 0.621. The van der Waals surface area contributed by atoms with Gasteiger partial charge in [-0.25, -0.2) is 4.89 Å². The third-order valence-corrected chi connectivity index (χ3v) is 1.31. The molecule has 41 valence electrons. The van der Waals surface area contributed by atoms with Gasteiger partial charge in [0.15, 0.2) is 0 Å². The molecule has 0 unspecified atom stereocenters. The van der Waals surface area contributed by atoms with Crippen LogP contribution in [0.25, 0.3) is 0 Å². The van der Waals surface area contributed by atoms with Gasteiger partial charge in [-0.1, -0.05) is 12.8 Å². The lowest BCUT2D eigenvalue weighted by Crippen LogP contribution is -1.87. The summed E-state index contributed by atoms with van der Waals surface area (Å²) in [5.41, 5.74) is 0. The van der Waals surface area contributed by atoms with E-state index in [0.717, 1.165) is 12.3 Å². The molecule has 1 saturated carbocycles. The normalized spacial score (nSPS) is 20.1. The highest BCUT2D eigenvalue weighted by atomic mass is 17.1. The average Bonchev–Trinajstić information content (AvgIpc) is 2.42. The van der Waals surface area contributed by atoms with Crippen molar-refractivity contribution in [3.05, 3.63) is 0 Å². The largest absolute Gasteiger partial charge is 0.204 e. The Morgan fingerprint density at radius 2 is 2.29 bits per heavy atom. The van der Waals surface area contributed by atoms with Crippen LogP contribution in [-0.4, -0.2) is 6.61 Å². The van der Waals surface area contributed by atoms with E-state index in [1.807, 2.05) is 0 Å². The number of hydrogen-bond acceptors (Lipinski definition) is 1. The topological polar surface area (TPSA) is 29.1 Å². The van der Waals surface area contributed by atoms with E-state index >= 15 is 0 Å². The second-order valence-electron chi connectivity index (χ2n) is 2.05. The molecule has 0 N–H and O–H groups in total. The molecule has 0 saturated heterocycles. The Labute approximate surface area is 43.0 Å². The van der Waals surface area contributed by atoms with Crippen molar-refractivity contribution in [2.45, 2.75) is 19.3 Å². The first kappa shape index (κ1) is 5.06. The molecular weight excluding hydrogens is 92.1 g/mol. The van der Waals surface area contributed by atoms with E-state index in [1.54, 1.807) is 0 Å². The zero-order chi connectivity index (χ0) is 5.11. The number of rotatable bonds is 3. The third-order valence-electron chi connectivity index (χ3n) is 1.31. The van der Waals surface area contributed by atoms with E-state index in [-0.39, 0.29) is 0 Å². The molecule has 2 heteroatoms. The highest BCUT2D eigenvalue weighted by molar-refractivity contribution is 4.71. The van der Waals surface area contributed by atoms with Crippen LogP contribution in [0, 0.1) is 5.92 Å². The summed E-state index contributed by atoms with van der Waals surface area (Å²) in [5.74, 6) is 0.828. The molecule has 0 aromatic carbocycles. The fourth-order valence-electron chi connectivity index (χ4n) is 0.621. The van der Waals surface area contributed by atoms with Crippen LogP contribution in [-0.2, 0) is 10.1 Å². The van der Waals surface area contributed by atoms with Crippen LogP contribution in [0.2, 0.25) is 0 Å². The first-order chi connectivity index (χ1) is 3.43. The van der Waals surface area contributed by atoms with Gasteiger partial charge in [0.1, 0.15) is 0 Å². The van der Waals surface area contributed by atoms with Crippen LogP contribution in [0.15, 0.2) is 0 Å². The molecular formula is C5H9O2. The van der Waals surface area contributed by atoms with Gasteiger partial charge in [-0.15, -0.1) is 0 Å². The van der Waals surface area contributed by atoms with Gasteiger partial charge in [-0.3, -0.25) is 0 Å². The van der Waals surface area contributed by atoms with Gasteiger partial charge < -0.3 is 0 Å². The van der Waals surface area contributed by atoms with Crippen molar-refractivity contribution in [1.29, 1.82) is 0 Å². The summed E-state index contributed by atoms with van der Waals surface area (Å²) in [5, 5.41) is 9.36. The second-order valence-corrected chi connectivity index (χ2v) is 2.05. The van der Waals surface area contributed by atoms with E-state index in [4.69, 9.17) is 0 Å². The Morgan fingerprint density at radius 1 is 1.57 bits per heavy atom. The van der Waals surface area contributed by atoms with E-state index in [9.17, 15) is 5.26 Å². The Kier molecular flexibility index (Phi) is 1.65. The first-order valence-corrected chi connectivity index (χ1v) is 2.68. The molecule has 7 heavy (non-hydrogen) atoms. The van der Waals surface area contributed by atoms with Crippen LogP contribution >= 0.6 is 0 Å². The van der Waals surface area contributed by atoms with Crippen LogP contribution < -0.4 is 0 Å². The van der Waals surface area contributed by atoms with Gasteiger partial charge in [-0.05, 0) is 17.6 Å². The molecule has 1 fully saturated rings. The lowest BCUT2D eigenvalue weighted by molar-refractivity contribution is -0.304. The molecule has 0 aromatic rings. The minimum absolute atomic E-state index is 0.407. The minimum atomic E-state index is 0.407. The highest BCUT2D eigenvalue weighted by Crippen LogP contribution is 2.31. The molecule has 0 heterocycles. The summed E-state index contributed by atoms with van der Waals surface area (Å²) in [6, 6.07) is 0. The maximum Gasteiger partial charge on any atom is 0.0857 e. The molecule has 0 bridgehead atoms. The molecule has 0 aromatic heterocycles. The van der Waals surface area contributed by atoms with Crippen LogP contribution in [0.3, 0.4) is 0 Å². The SMILES string of the molecule is [O]OCCC1CC1. The maximum absolute atomic E-state index is 9.36. The minimum Gasteiger partial charge on any atom is -0.204 e. The van der Waals surface area contributed by atoms with Crippen LogP contribution in [0.1, 0.15) is 19.3 Å². The fraction of sp³-hybridized carbons (Fsp3) is 1.00. The highest BCUT2D eigenvalue weighted by Gasteiger charge is 2.20. The van der Waals surface area contributed by atoms with Crippen LogP contribution in [0.5, 0.6) is 0 Å². The van der Waals surface area contributed by atoms with Gasteiger partial charge >= 0.3 is 0 Å². The van der Waals surface area contributed by atoms with Crippen molar-refractivity contribution in [1.82, 2.24) is 0 Å². The Bertz CT molecular complexity index is 50.0. The van der Waals surface area contributed by atoms with E-state index in [0.29, 0.717) is 6.61 Å². The summed E-state index contributed by atoms with van der Waals surface area (Å²) >= 11 is 0. The number of hydrogen-bond donors (Lipinski definition) is 0. The van der Waals surface area contributed by atoms with Crippen molar-refractivity contribution in [2.24, 2.45) is 5.92 Å². The quantitative estimate of drug-likeness (QED) is 0.387. The van der Waals surface area contributed by atoms with Crippen molar-refractivity contribution >= 4 is 0 Å².